The van der Waals surface area contributed by atoms with Crippen LogP contribution in [0.2, 0.25) is 0 Å². The molecule has 0 aliphatic carbocycles. The molecule has 0 N–H and O–H groups in total. The Morgan fingerprint density at radius 2 is 1.45 bits per heavy atom. The molecule has 2 aromatic carbocycles. The first-order valence-corrected chi connectivity index (χ1v) is 7.46. The predicted molar refractivity (Wildman–Crippen MR) is 72.3 cm³/mol. The standard InChI is InChI=1S/C15H13O4S/c16-15(17)14(11-12-7-3-1-4-8-12)20(18,19)13-9-5-2-6-10-13/h1-11,14H,(H,16,17)/p-1. The van der Waals surface area contributed by atoms with Gasteiger partial charge in [-0.1, -0.05) is 48.5 Å². The van der Waals surface area contributed by atoms with Crippen molar-refractivity contribution in [2.45, 2.75) is 10.1 Å². The third kappa shape index (κ3) is 3.05. The topological polar surface area (TPSA) is 74.3 Å². The molecular weight excluding hydrogens is 276 g/mol. The number of carboxylic acids is 1. The third-order valence-corrected chi connectivity index (χ3v) is 4.71. The van der Waals surface area contributed by atoms with Crippen LogP contribution in [-0.2, 0) is 14.6 Å². The van der Waals surface area contributed by atoms with Crippen molar-refractivity contribution in [3.63, 3.8) is 0 Å². The van der Waals surface area contributed by atoms with E-state index in [9.17, 15) is 18.3 Å². The van der Waals surface area contributed by atoms with E-state index in [2.05, 4.69) is 0 Å². The molecule has 0 saturated carbocycles. The largest absolute Gasteiger partial charge is 0.549 e. The fraction of sp³-hybridized carbons (Fsp3) is 0.0667. The Labute approximate surface area is 117 Å². The summed E-state index contributed by atoms with van der Waals surface area (Å²) in [6, 6.07) is 15.9. The first-order valence-electron chi connectivity index (χ1n) is 5.91. The van der Waals surface area contributed by atoms with Gasteiger partial charge in [-0.05, 0) is 17.7 Å². The van der Waals surface area contributed by atoms with E-state index in [4.69, 9.17) is 0 Å². The van der Waals surface area contributed by atoms with Gasteiger partial charge >= 0.3 is 0 Å². The van der Waals surface area contributed by atoms with E-state index in [0.29, 0.717) is 5.56 Å². The number of aliphatic carboxylic acids is 1. The monoisotopic (exact) mass is 288 g/mol. The Morgan fingerprint density at radius 1 is 0.950 bits per heavy atom. The highest BCUT2D eigenvalue weighted by atomic mass is 32.2. The fourth-order valence-electron chi connectivity index (χ4n) is 1.78. The van der Waals surface area contributed by atoms with Crippen molar-refractivity contribution in [2.75, 3.05) is 0 Å². The van der Waals surface area contributed by atoms with Crippen LogP contribution >= 0.6 is 0 Å². The molecule has 2 aromatic rings. The Morgan fingerprint density at radius 3 is 1.95 bits per heavy atom. The average Bonchev–Trinajstić information content (AvgIpc) is 2.46. The van der Waals surface area contributed by atoms with Crippen LogP contribution in [0.15, 0.2) is 65.6 Å². The van der Waals surface area contributed by atoms with Crippen molar-refractivity contribution in [2.24, 2.45) is 0 Å². The molecule has 0 bridgehead atoms. The summed E-state index contributed by atoms with van der Waals surface area (Å²) in [5.74, 6) is -1.64. The second kappa shape index (κ2) is 5.88. The quantitative estimate of drug-likeness (QED) is 0.817. The Hall–Kier alpha value is -2.14. The first kappa shape index (κ1) is 14.3. The summed E-state index contributed by atoms with van der Waals surface area (Å²) >= 11 is 0. The van der Waals surface area contributed by atoms with Gasteiger partial charge in [-0.25, -0.2) is 8.42 Å². The highest BCUT2D eigenvalue weighted by Crippen LogP contribution is 2.20. The number of benzene rings is 2. The Kier molecular flexibility index (Phi) is 4.20. The van der Waals surface area contributed by atoms with E-state index in [-0.39, 0.29) is 4.90 Å². The zero-order valence-corrected chi connectivity index (χ0v) is 11.3. The van der Waals surface area contributed by atoms with Crippen LogP contribution in [0.25, 0.3) is 0 Å². The zero-order chi connectivity index (χ0) is 14.6. The first-order chi connectivity index (χ1) is 9.51. The highest BCUT2D eigenvalue weighted by Gasteiger charge is 2.29. The minimum absolute atomic E-state index is 0.0404. The normalized spacial score (nSPS) is 12.8. The van der Waals surface area contributed by atoms with Crippen LogP contribution in [0.4, 0.5) is 0 Å². The van der Waals surface area contributed by atoms with E-state index >= 15 is 0 Å². The lowest BCUT2D eigenvalue weighted by Crippen LogP contribution is -2.41. The van der Waals surface area contributed by atoms with Crippen LogP contribution in [0.5, 0.6) is 0 Å². The fourth-order valence-corrected chi connectivity index (χ4v) is 3.20. The van der Waals surface area contributed by atoms with Crippen LogP contribution in [-0.4, -0.2) is 19.6 Å². The van der Waals surface area contributed by atoms with Gasteiger partial charge in [0.2, 0.25) is 0 Å². The van der Waals surface area contributed by atoms with Gasteiger partial charge in [0, 0.05) is 6.42 Å². The summed E-state index contributed by atoms with van der Waals surface area (Å²) in [7, 11) is -4.02. The van der Waals surface area contributed by atoms with Gasteiger partial charge in [-0.3, -0.25) is 0 Å². The van der Waals surface area contributed by atoms with Crippen LogP contribution in [0, 0.1) is 6.42 Å². The molecule has 4 nitrogen and oxygen atoms in total. The van der Waals surface area contributed by atoms with Crippen LogP contribution in [0.3, 0.4) is 0 Å². The van der Waals surface area contributed by atoms with E-state index in [1.165, 1.54) is 18.6 Å². The summed E-state index contributed by atoms with van der Waals surface area (Å²) in [4.78, 5) is 11.2. The summed E-state index contributed by atoms with van der Waals surface area (Å²) in [5, 5.41) is 9.49. The van der Waals surface area contributed by atoms with Gasteiger partial charge in [0.1, 0.15) is 5.25 Å². The van der Waals surface area contributed by atoms with Gasteiger partial charge < -0.3 is 9.90 Å². The summed E-state index contributed by atoms with van der Waals surface area (Å²) in [6.45, 7) is 0. The second-order valence-corrected chi connectivity index (χ2v) is 6.24. The molecule has 20 heavy (non-hydrogen) atoms. The Bertz CT molecular complexity index is 678. The molecule has 5 heteroatoms. The van der Waals surface area contributed by atoms with Gasteiger partial charge in [-0.15, -0.1) is 0 Å². The van der Waals surface area contributed by atoms with Gasteiger partial charge in [0.05, 0.1) is 10.9 Å². The second-order valence-electron chi connectivity index (χ2n) is 4.18. The van der Waals surface area contributed by atoms with Crippen LogP contribution in [0.1, 0.15) is 5.56 Å². The molecule has 0 spiro atoms. The van der Waals surface area contributed by atoms with Gasteiger partial charge in [0.15, 0.2) is 9.84 Å². The molecular formula is C15H12O4S-. The number of rotatable bonds is 5. The molecule has 0 aliphatic rings. The molecule has 0 aromatic heterocycles. The Balaban J connectivity index is 2.37. The highest BCUT2D eigenvalue weighted by molar-refractivity contribution is 7.93. The molecule has 2 rings (SSSR count). The van der Waals surface area contributed by atoms with E-state index < -0.39 is 21.1 Å². The number of hydrogen-bond donors (Lipinski definition) is 0. The lowest BCUT2D eigenvalue weighted by atomic mass is 10.1. The minimum atomic E-state index is -4.02. The average molecular weight is 288 g/mol. The molecule has 0 fully saturated rings. The molecule has 0 saturated heterocycles. The maximum absolute atomic E-state index is 12.3. The van der Waals surface area contributed by atoms with E-state index in [1.807, 2.05) is 0 Å². The summed E-state index contributed by atoms with van der Waals surface area (Å²) in [5.41, 5.74) is 0.515. The van der Waals surface area contributed by atoms with Crippen molar-refractivity contribution in [1.29, 1.82) is 0 Å². The van der Waals surface area contributed by atoms with Crippen molar-refractivity contribution in [1.82, 2.24) is 0 Å². The van der Waals surface area contributed by atoms with Crippen molar-refractivity contribution in [3.05, 3.63) is 72.6 Å². The lowest BCUT2D eigenvalue weighted by Gasteiger charge is -2.18. The van der Waals surface area contributed by atoms with E-state index in [1.54, 1.807) is 48.5 Å². The number of hydrogen-bond acceptors (Lipinski definition) is 4. The molecule has 0 aliphatic heterocycles. The van der Waals surface area contributed by atoms with E-state index in [0.717, 1.165) is 0 Å². The smallest absolute Gasteiger partial charge is 0.187 e. The van der Waals surface area contributed by atoms with Crippen LogP contribution < -0.4 is 5.11 Å². The molecule has 1 radical (unpaired) electrons. The van der Waals surface area contributed by atoms with Gasteiger partial charge in [-0.2, -0.15) is 0 Å². The molecule has 1 atom stereocenters. The zero-order valence-electron chi connectivity index (χ0n) is 10.5. The molecule has 0 amide bonds. The molecule has 1 unspecified atom stereocenters. The lowest BCUT2D eigenvalue weighted by molar-refractivity contribution is -0.304. The summed E-state index contributed by atoms with van der Waals surface area (Å²) in [6.07, 6.45) is 1.18. The molecule has 0 heterocycles. The predicted octanol–water partition coefficient (Wildman–Crippen LogP) is 0.831. The maximum Gasteiger partial charge on any atom is 0.187 e. The van der Waals surface area contributed by atoms with Crippen molar-refractivity contribution < 1.29 is 18.3 Å². The SMILES string of the molecule is O=C([O-])C([CH]c1ccccc1)S(=O)(=O)c1ccccc1. The summed E-state index contributed by atoms with van der Waals surface area (Å²) < 4.78 is 24.7. The van der Waals surface area contributed by atoms with Crippen molar-refractivity contribution >= 4 is 15.8 Å². The number of sulfone groups is 1. The minimum Gasteiger partial charge on any atom is -0.549 e. The molecule has 103 valence electrons. The third-order valence-electron chi connectivity index (χ3n) is 2.78. The number of carboxylic acid groups (broad SMARTS) is 1. The number of carbonyl (C=O) groups is 1. The maximum atomic E-state index is 12.3. The van der Waals surface area contributed by atoms with Crippen molar-refractivity contribution in [3.8, 4) is 0 Å². The van der Waals surface area contributed by atoms with Gasteiger partial charge in [0.25, 0.3) is 0 Å². The number of carbonyl (C=O) groups excluding carboxylic acids is 1.